The Labute approximate surface area is 92.1 Å². The van der Waals surface area contributed by atoms with Gasteiger partial charge in [0.1, 0.15) is 6.54 Å². The highest BCUT2D eigenvalue weighted by Crippen LogP contribution is 2.39. The summed E-state index contributed by atoms with van der Waals surface area (Å²) in [7, 11) is 0. The Morgan fingerprint density at radius 1 is 1.47 bits per heavy atom. The van der Waals surface area contributed by atoms with Crippen molar-refractivity contribution >= 4 is 5.91 Å². The number of carbonyl (C=O) groups excluding carboxylic acids is 1. The predicted molar refractivity (Wildman–Crippen MR) is 59.0 cm³/mol. The van der Waals surface area contributed by atoms with Gasteiger partial charge in [0.2, 0.25) is 5.91 Å². The molecule has 0 radical (unpaired) electrons. The SMILES string of the molecule is CC(C)N(CC#N)C(=O)C1(C)CCCC1. The fraction of sp³-hybridized carbons (Fsp3) is 0.833. The van der Waals surface area contributed by atoms with Crippen LogP contribution in [0.1, 0.15) is 46.5 Å². The first-order chi connectivity index (χ1) is 7.01. The molecule has 0 bridgehead atoms. The van der Waals surface area contributed by atoms with Crippen LogP contribution in [-0.4, -0.2) is 23.4 Å². The zero-order valence-corrected chi connectivity index (χ0v) is 9.92. The number of amides is 1. The minimum absolute atomic E-state index is 0.120. The number of nitriles is 1. The smallest absolute Gasteiger partial charge is 0.229 e. The molecule has 0 aromatic heterocycles. The van der Waals surface area contributed by atoms with Crippen LogP contribution in [0, 0.1) is 16.7 Å². The lowest BCUT2D eigenvalue weighted by atomic mass is 9.86. The molecule has 0 atom stereocenters. The molecule has 0 heterocycles. The fourth-order valence-corrected chi connectivity index (χ4v) is 2.28. The van der Waals surface area contributed by atoms with E-state index in [1.165, 1.54) is 0 Å². The molecule has 3 heteroatoms. The molecule has 0 aromatic carbocycles. The first-order valence-corrected chi connectivity index (χ1v) is 5.69. The molecular formula is C12H20N2O. The number of hydrogen-bond donors (Lipinski definition) is 0. The van der Waals surface area contributed by atoms with Crippen molar-refractivity contribution < 1.29 is 4.79 Å². The molecule has 0 aliphatic heterocycles. The van der Waals surface area contributed by atoms with Crippen molar-refractivity contribution in [3.63, 3.8) is 0 Å². The Kier molecular flexibility index (Phi) is 3.73. The van der Waals surface area contributed by atoms with Gasteiger partial charge in [-0.15, -0.1) is 0 Å². The van der Waals surface area contributed by atoms with Crippen molar-refractivity contribution in [3.8, 4) is 6.07 Å². The van der Waals surface area contributed by atoms with E-state index in [1.807, 2.05) is 20.8 Å². The quantitative estimate of drug-likeness (QED) is 0.668. The van der Waals surface area contributed by atoms with E-state index in [0.29, 0.717) is 0 Å². The molecule has 0 saturated heterocycles. The summed E-state index contributed by atoms with van der Waals surface area (Å²) in [6, 6.07) is 2.20. The third kappa shape index (κ3) is 2.50. The average Bonchev–Trinajstić information content (AvgIpc) is 2.61. The molecule has 0 N–H and O–H groups in total. The van der Waals surface area contributed by atoms with E-state index in [4.69, 9.17) is 5.26 Å². The zero-order chi connectivity index (χ0) is 11.5. The van der Waals surface area contributed by atoms with Gasteiger partial charge in [0.05, 0.1) is 6.07 Å². The van der Waals surface area contributed by atoms with Crippen molar-refractivity contribution in [2.45, 2.75) is 52.5 Å². The monoisotopic (exact) mass is 208 g/mol. The summed E-state index contributed by atoms with van der Waals surface area (Å²) in [5.74, 6) is 0.163. The van der Waals surface area contributed by atoms with Crippen LogP contribution in [0.5, 0.6) is 0 Å². The third-order valence-corrected chi connectivity index (χ3v) is 3.35. The lowest BCUT2D eigenvalue weighted by Gasteiger charge is -2.32. The largest absolute Gasteiger partial charge is 0.326 e. The first-order valence-electron chi connectivity index (χ1n) is 5.69. The number of hydrogen-bond acceptors (Lipinski definition) is 2. The van der Waals surface area contributed by atoms with E-state index in [-0.39, 0.29) is 23.9 Å². The second-order valence-electron chi connectivity index (χ2n) is 4.95. The molecule has 1 aliphatic carbocycles. The van der Waals surface area contributed by atoms with Crippen LogP contribution in [0.2, 0.25) is 0 Å². The van der Waals surface area contributed by atoms with Crippen LogP contribution in [0.3, 0.4) is 0 Å². The first kappa shape index (κ1) is 12.0. The van der Waals surface area contributed by atoms with E-state index in [1.54, 1.807) is 4.90 Å². The van der Waals surface area contributed by atoms with Crippen LogP contribution in [0.15, 0.2) is 0 Å². The van der Waals surface area contributed by atoms with Crippen LogP contribution >= 0.6 is 0 Å². The standard InChI is InChI=1S/C12H20N2O/c1-10(2)14(9-8-13)11(15)12(3)6-4-5-7-12/h10H,4-7,9H2,1-3H3. The van der Waals surface area contributed by atoms with E-state index in [2.05, 4.69) is 6.07 Å². The second-order valence-corrected chi connectivity index (χ2v) is 4.95. The fourth-order valence-electron chi connectivity index (χ4n) is 2.28. The van der Waals surface area contributed by atoms with Gasteiger partial charge in [-0.3, -0.25) is 4.79 Å². The summed E-state index contributed by atoms with van der Waals surface area (Å²) in [5.41, 5.74) is -0.207. The summed E-state index contributed by atoms with van der Waals surface area (Å²) >= 11 is 0. The van der Waals surface area contributed by atoms with Crippen LogP contribution in [0.4, 0.5) is 0 Å². The van der Waals surface area contributed by atoms with Gasteiger partial charge in [-0.05, 0) is 26.7 Å². The molecule has 15 heavy (non-hydrogen) atoms. The van der Waals surface area contributed by atoms with Gasteiger partial charge in [-0.1, -0.05) is 19.8 Å². The molecular weight excluding hydrogens is 188 g/mol. The molecule has 0 aromatic rings. The van der Waals surface area contributed by atoms with Crippen molar-refractivity contribution in [1.82, 2.24) is 4.90 Å². The minimum Gasteiger partial charge on any atom is -0.326 e. The summed E-state index contributed by atoms with van der Waals surface area (Å²) in [6.07, 6.45) is 4.22. The maximum absolute atomic E-state index is 12.3. The lowest BCUT2D eigenvalue weighted by molar-refractivity contribution is -0.142. The molecule has 1 rings (SSSR count). The van der Waals surface area contributed by atoms with E-state index >= 15 is 0 Å². The molecule has 0 spiro atoms. The lowest BCUT2D eigenvalue weighted by Crippen LogP contribution is -2.45. The molecule has 3 nitrogen and oxygen atoms in total. The molecule has 0 unspecified atom stereocenters. The van der Waals surface area contributed by atoms with E-state index < -0.39 is 0 Å². The maximum Gasteiger partial charge on any atom is 0.229 e. The number of carbonyl (C=O) groups is 1. The van der Waals surface area contributed by atoms with Crippen LogP contribution in [-0.2, 0) is 4.79 Å². The van der Waals surface area contributed by atoms with Gasteiger partial charge >= 0.3 is 0 Å². The average molecular weight is 208 g/mol. The van der Waals surface area contributed by atoms with Gasteiger partial charge in [-0.25, -0.2) is 0 Å². The van der Waals surface area contributed by atoms with Crippen LogP contribution < -0.4 is 0 Å². The molecule has 1 amide bonds. The number of rotatable bonds is 3. The minimum atomic E-state index is -0.207. The topological polar surface area (TPSA) is 44.1 Å². The van der Waals surface area contributed by atoms with Gasteiger partial charge in [0, 0.05) is 11.5 Å². The van der Waals surface area contributed by atoms with Gasteiger partial charge in [0.15, 0.2) is 0 Å². The zero-order valence-electron chi connectivity index (χ0n) is 9.92. The van der Waals surface area contributed by atoms with E-state index in [9.17, 15) is 4.79 Å². The summed E-state index contributed by atoms with van der Waals surface area (Å²) in [6.45, 7) is 6.18. The Bertz CT molecular complexity index is 272. The van der Waals surface area contributed by atoms with Gasteiger partial charge in [-0.2, -0.15) is 5.26 Å². The highest BCUT2D eigenvalue weighted by molar-refractivity contribution is 5.83. The molecule has 1 saturated carbocycles. The van der Waals surface area contributed by atoms with Crippen molar-refractivity contribution in [3.05, 3.63) is 0 Å². The Morgan fingerprint density at radius 3 is 2.40 bits per heavy atom. The highest BCUT2D eigenvalue weighted by Gasteiger charge is 2.39. The van der Waals surface area contributed by atoms with Crippen molar-refractivity contribution in [2.75, 3.05) is 6.54 Å². The molecule has 1 fully saturated rings. The number of nitrogens with zero attached hydrogens (tertiary/aromatic N) is 2. The summed E-state index contributed by atoms with van der Waals surface area (Å²) in [4.78, 5) is 14.0. The van der Waals surface area contributed by atoms with Gasteiger partial charge in [0.25, 0.3) is 0 Å². The van der Waals surface area contributed by atoms with Crippen molar-refractivity contribution in [1.29, 1.82) is 5.26 Å². The Morgan fingerprint density at radius 2 is 2.00 bits per heavy atom. The predicted octanol–water partition coefficient (Wildman–Crippen LogP) is 2.33. The maximum atomic E-state index is 12.3. The Balaban J connectivity index is 2.76. The van der Waals surface area contributed by atoms with Gasteiger partial charge < -0.3 is 4.90 Å². The van der Waals surface area contributed by atoms with E-state index in [0.717, 1.165) is 25.7 Å². The van der Waals surface area contributed by atoms with Crippen LogP contribution in [0.25, 0.3) is 0 Å². The molecule has 84 valence electrons. The highest BCUT2D eigenvalue weighted by atomic mass is 16.2. The summed E-state index contributed by atoms with van der Waals surface area (Å²) < 4.78 is 0. The third-order valence-electron chi connectivity index (χ3n) is 3.35. The molecule has 1 aliphatic rings. The summed E-state index contributed by atoms with van der Waals surface area (Å²) in [5, 5.41) is 8.72. The normalized spacial score (nSPS) is 18.9. The Hall–Kier alpha value is -1.04. The second kappa shape index (κ2) is 4.65. The van der Waals surface area contributed by atoms with Crippen molar-refractivity contribution in [2.24, 2.45) is 5.41 Å².